The largest absolute Gasteiger partial charge is 0.347 e. The van der Waals surface area contributed by atoms with E-state index in [9.17, 15) is 14.9 Å². The molecule has 1 saturated carbocycles. The van der Waals surface area contributed by atoms with Gasteiger partial charge in [0.1, 0.15) is 6.20 Å². The molecule has 2 rings (SSSR count). The zero-order valence-corrected chi connectivity index (χ0v) is 12.0. The van der Waals surface area contributed by atoms with Gasteiger partial charge >= 0.3 is 5.69 Å². The van der Waals surface area contributed by atoms with Crippen LogP contribution in [0, 0.1) is 22.0 Å². The molecule has 0 spiro atoms. The van der Waals surface area contributed by atoms with Crippen LogP contribution in [-0.2, 0) is 7.05 Å². The molecular weight excluding hydrogens is 260 g/mol. The van der Waals surface area contributed by atoms with Crippen LogP contribution in [0.5, 0.6) is 0 Å². The van der Waals surface area contributed by atoms with E-state index in [1.165, 1.54) is 10.9 Å². The zero-order chi connectivity index (χ0) is 14.9. The predicted octanol–water partition coefficient (Wildman–Crippen LogP) is 1.88. The molecule has 0 aromatic carbocycles. The summed E-state index contributed by atoms with van der Waals surface area (Å²) in [4.78, 5) is 22.6. The first-order chi connectivity index (χ1) is 9.40. The number of hydrogen-bond donors (Lipinski definition) is 1. The van der Waals surface area contributed by atoms with Crippen LogP contribution in [0.3, 0.4) is 0 Å². The van der Waals surface area contributed by atoms with Crippen molar-refractivity contribution in [2.75, 3.05) is 0 Å². The number of carbonyl (C=O) groups excluding carboxylic acids is 1. The lowest BCUT2D eigenvalue weighted by atomic mass is 9.78. The maximum Gasteiger partial charge on any atom is 0.320 e. The fraction of sp³-hybridized carbons (Fsp3) is 0.692. The van der Waals surface area contributed by atoms with E-state index < -0.39 is 10.8 Å². The summed E-state index contributed by atoms with van der Waals surface area (Å²) in [5, 5.41) is 17.7. The average molecular weight is 280 g/mol. The number of nitro groups is 1. The van der Waals surface area contributed by atoms with Crippen LogP contribution in [-0.4, -0.2) is 26.7 Å². The number of nitrogens with zero attached hydrogens (tertiary/aromatic N) is 3. The topological polar surface area (TPSA) is 90.1 Å². The number of rotatable bonds is 3. The minimum absolute atomic E-state index is 0.0628. The highest BCUT2D eigenvalue weighted by atomic mass is 16.6. The Morgan fingerprint density at radius 3 is 2.85 bits per heavy atom. The van der Waals surface area contributed by atoms with Crippen molar-refractivity contribution in [3.05, 3.63) is 22.0 Å². The van der Waals surface area contributed by atoms with Crippen LogP contribution in [0.4, 0.5) is 5.69 Å². The van der Waals surface area contributed by atoms with E-state index >= 15 is 0 Å². The number of amides is 1. The second-order valence-electron chi connectivity index (χ2n) is 5.64. The summed E-state index contributed by atoms with van der Waals surface area (Å²) < 4.78 is 1.29. The lowest BCUT2D eigenvalue weighted by Crippen LogP contribution is -2.44. The van der Waals surface area contributed by atoms with Gasteiger partial charge in [0.25, 0.3) is 5.91 Å². The number of carbonyl (C=O) groups is 1. The Kier molecular flexibility index (Phi) is 4.06. The van der Waals surface area contributed by atoms with E-state index in [0.29, 0.717) is 11.8 Å². The van der Waals surface area contributed by atoms with Crippen molar-refractivity contribution in [3.63, 3.8) is 0 Å². The van der Waals surface area contributed by atoms with E-state index in [1.807, 2.05) is 0 Å². The van der Waals surface area contributed by atoms with Gasteiger partial charge in [-0.2, -0.15) is 5.10 Å². The molecule has 0 aliphatic heterocycles. The maximum atomic E-state index is 12.2. The van der Waals surface area contributed by atoms with Crippen LogP contribution in [0.1, 0.15) is 43.6 Å². The number of hydrogen-bond acceptors (Lipinski definition) is 4. The van der Waals surface area contributed by atoms with Gasteiger partial charge in [0.2, 0.25) is 5.69 Å². The molecule has 0 unspecified atom stereocenters. The predicted molar refractivity (Wildman–Crippen MR) is 73.3 cm³/mol. The first-order valence-electron chi connectivity index (χ1n) is 6.89. The van der Waals surface area contributed by atoms with E-state index in [0.717, 1.165) is 19.3 Å². The van der Waals surface area contributed by atoms with Crippen LogP contribution >= 0.6 is 0 Å². The second kappa shape index (κ2) is 5.60. The molecule has 1 aliphatic carbocycles. The second-order valence-corrected chi connectivity index (χ2v) is 5.64. The van der Waals surface area contributed by atoms with E-state index in [1.54, 1.807) is 7.05 Å². The van der Waals surface area contributed by atoms with Gasteiger partial charge < -0.3 is 5.32 Å². The maximum absolute atomic E-state index is 12.2. The molecule has 1 amide bonds. The summed E-state index contributed by atoms with van der Waals surface area (Å²) >= 11 is 0. The normalized spacial score (nSPS) is 26.2. The van der Waals surface area contributed by atoms with E-state index in [-0.39, 0.29) is 17.4 Å². The smallest absolute Gasteiger partial charge is 0.320 e. The molecule has 0 saturated heterocycles. The minimum Gasteiger partial charge on any atom is -0.347 e. The van der Waals surface area contributed by atoms with Crippen molar-refractivity contribution in [3.8, 4) is 0 Å². The molecule has 20 heavy (non-hydrogen) atoms. The van der Waals surface area contributed by atoms with Crippen molar-refractivity contribution >= 4 is 11.6 Å². The van der Waals surface area contributed by atoms with Crippen molar-refractivity contribution in [1.29, 1.82) is 0 Å². The van der Waals surface area contributed by atoms with Crippen molar-refractivity contribution in [2.24, 2.45) is 18.9 Å². The molecule has 1 aliphatic rings. The molecule has 0 bridgehead atoms. The Morgan fingerprint density at radius 1 is 1.50 bits per heavy atom. The molecule has 110 valence electrons. The lowest BCUT2D eigenvalue weighted by Gasteiger charge is -2.34. The Hall–Kier alpha value is -1.92. The Bertz CT molecular complexity index is 526. The molecule has 1 aromatic heterocycles. The fourth-order valence-electron chi connectivity index (χ4n) is 2.79. The fourth-order valence-corrected chi connectivity index (χ4v) is 2.79. The van der Waals surface area contributed by atoms with Gasteiger partial charge in [-0.15, -0.1) is 0 Å². The molecule has 1 N–H and O–H groups in total. The molecule has 0 radical (unpaired) electrons. The van der Waals surface area contributed by atoms with Gasteiger partial charge in [-0.1, -0.05) is 26.7 Å². The standard InChI is InChI=1S/C13H20N4O3/c1-8-5-4-6-10(9(8)2)14-13(18)12-11(17(19)20)7-16(3)15-12/h7-10H,4-6H2,1-3H3,(H,14,18)/t8-,9+,10-/m1/s1. The Morgan fingerprint density at radius 2 is 2.20 bits per heavy atom. The number of aromatic nitrogens is 2. The van der Waals surface area contributed by atoms with Crippen LogP contribution < -0.4 is 5.32 Å². The van der Waals surface area contributed by atoms with E-state index in [4.69, 9.17) is 0 Å². The Labute approximate surface area is 117 Å². The third-order valence-electron chi connectivity index (χ3n) is 4.24. The molecule has 7 nitrogen and oxygen atoms in total. The van der Waals surface area contributed by atoms with Gasteiger partial charge in [-0.05, 0) is 18.3 Å². The molecule has 7 heteroatoms. The third-order valence-corrected chi connectivity index (χ3v) is 4.24. The van der Waals surface area contributed by atoms with Gasteiger partial charge in [0.05, 0.1) is 4.92 Å². The average Bonchev–Trinajstić information content (AvgIpc) is 2.77. The highest BCUT2D eigenvalue weighted by molar-refractivity contribution is 5.96. The molecule has 3 atom stereocenters. The molecule has 1 fully saturated rings. The molecule has 1 aromatic rings. The van der Waals surface area contributed by atoms with Crippen LogP contribution in [0.25, 0.3) is 0 Å². The quantitative estimate of drug-likeness (QED) is 0.676. The van der Waals surface area contributed by atoms with Gasteiger partial charge in [-0.25, -0.2) is 0 Å². The number of aryl methyl sites for hydroxylation is 1. The lowest BCUT2D eigenvalue weighted by molar-refractivity contribution is -0.385. The highest BCUT2D eigenvalue weighted by Gasteiger charge is 2.31. The zero-order valence-electron chi connectivity index (χ0n) is 12.0. The first kappa shape index (κ1) is 14.5. The highest BCUT2D eigenvalue weighted by Crippen LogP contribution is 2.30. The van der Waals surface area contributed by atoms with E-state index in [2.05, 4.69) is 24.3 Å². The summed E-state index contributed by atoms with van der Waals surface area (Å²) in [6, 6.07) is 0.0628. The molecular formula is C13H20N4O3. The summed E-state index contributed by atoms with van der Waals surface area (Å²) in [5.41, 5.74) is -0.357. The first-order valence-corrected chi connectivity index (χ1v) is 6.89. The number of nitrogens with one attached hydrogen (secondary N) is 1. The van der Waals surface area contributed by atoms with Gasteiger partial charge in [-0.3, -0.25) is 19.6 Å². The Balaban J connectivity index is 2.14. The van der Waals surface area contributed by atoms with Crippen LogP contribution in [0.15, 0.2) is 6.20 Å². The monoisotopic (exact) mass is 280 g/mol. The summed E-state index contributed by atoms with van der Waals surface area (Å²) in [6.45, 7) is 4.29. The SMILES string of the molecule is C[C@H]1[C@H](C)CCC[C@H]1NC(=O)c1nn(C)cc1[N+](=O)[O-]. The van der Waals surface area contributed by atoms with Crippen molar-refractivity contribution in [2.45, 2.75) is 39.2 Å². The van der Waals surface area contributed by atoms with Crippen molar-refractivity contribution in [1.82, 2.24) is 15.1 Å². The van der Waals surface area contributed by atoms with Crippen molar-refractivity contribution < 1.29 is 9.72 Å². The third kappa shape index (κ3) is 2.81. The van der Waals surface area contributed by atoms with Gasteiger partial charge in [0, 0.05) is 13.1 Å². The molecule has 1 heterocycles. The summed E-state index contributed by atoms with van der Waals surface area (Å²) in [7, 11) is 1.56. The summed E-state index contributed by atoms with van der Waals surface area (Å²) in [5.74, 6) is 0.464. The minimum atomic E-state index is -0.575. The van der Waals surface area contributed by atoms with Gasteiger partial charge in [0.15, 0.2) is 0 Å². The van der Waals surface area contributed by atoms with Crippen LogP contribution in [0.2, 0.25) is 0 Å². The summed E-state index contributed by atoms with van der Waals surface area (Å²) in [6.07, 6.45) is 4.40.